The van der Waals surface area contributed by atoms with Gasteiger partial charge in [-0.1, -0.05) is 23.8 Å². The van der Waals surface area contributed by atoms with Gasteiger partial charge >= 0.3 is 6.09 Å². The number of thioether (sulfide) groups is 1. The number of nitrogens with zero attached hydrogens (tertiary/aromatic N) is 4. The summed E-state index contributed by atoms with van der Waals surface area (Å²) in [6, 6.07) is 11.7. The molecule has 0 radical (unpaired) electrons. The molecule has 3 aliphatic rings. The Morgan fingerprint density at radius 2 is 2.08 bits per heavy atom. The summed E-state index contributed by atoms with van der Waals surface area (Å²) in [7, 11) is 1.60. The molecule has 9 nitrogen and oxygen atoms in total. The first-order chi connectivity index (χ1) is 18.1. The van der Waals surface area contributed by atoms with Crippen LogP contribution in [0.25, 0.3) is 17.1 Å². The van der Waals surface area contributed by atoms with Gasteiger partial charge < -0.3 is 14.8 Å². The van der Waals surface area contributed by atoms with Crippen molar-refractivity contribution in [2.45, 2.75) is 23.8 Å². The first-order valence-corrected chi connectivity index (χ1v) is 13.3. The van der Waals surface area contributed by atoms with Crippen LogP contribution in [0.4, 0.5) is 16.2 Å². The number of piperidine rings is 1. The summed E-state index contributed by atoms with van der Waals surface area (Å²) < 4.78 is 11.0. The van der Waals surface area contributed by atoms with Gasteiger partial charge in [-0.15, -0.1) is 11.8 Å². The van der Waals surface area contributed by atoms with Crippen LogP contribution >= 0.6 is 11.8 Å². The van der Waals surface area contributed by atoms with E-state index in [0.717, 1.165) is 58.8 Å². The zero-order valence-electron chi connectivity index (χ0n) is 20.5. The number of carbonyl (C=O) groups is 2. The molecule has 3 aromatic rings. The summed E-state index contributed by atoms with van der Waals surface area (Å²) in [5.74, 6) is 0.896. The molecule has 2 aromatic carbocycles. The van der Waals surface area contributed by atoms with E-state index in [9.17, 15) is 9.59 Å². The maximum absolute atomic E-state index is 12.6. The number of cyclic esters (lactones) is 1. The van der Waals surface area contributed by atoms with E-state index in [0.29, 0.717) is 24.7 Å². The topological polar surface area (TPSA) is 96.9 Å². The molecule has 1 aromatic heterocycles. The molecule has 3 aliphatic heterocycles. The van der Waals surface area contributed by atoms with Gasteiger partial charge in [0, 0.05) is 35.8 Å². The molecule has 0 spiro atoms. The van der Waals surface area contributed by atoms with Crippen molar-refractivity contribution in [2.75, 3.05) is 49.3 Å². The first-order valence-electron chi connectivity index (χ1n) is 12.3. The number of amides is 2. The number of fused-ring (bicyclic) bond motifs is 2. The zero-order chi connectivity index (χ0) is 25.4. The highest BCUT2D eigenvalue weighted by molar-refractivity contribution is 8.00. The highest BCUT2D eigenvalue weighted by Gasteiger charge is 2.34. The van der Waals surface area contributed by atoms with Crippen LogP contribution in [0.5, 0.6) is 5.88 Å². The SMILES string of the molecule is COc1cnc2cccc(C=C3CCN(CC4CN(c5ccc6c(c5)NC(=O)CS6)C(=O)O4)CC3)c2n1. The van der Waals surface area contributed by atoms with Gasteiger partial charge in [0.2, 0.25) is 11.8 Å². The van der Waals surface area contributed by atoms with Gasteiger partial charge in [0.05, 0.1) is 42.3 Å². The molecule has 0 saturated carbocycles. The molecular weight excluding hydrogens is 490 g/mol. The molecule has 37 heavy (non-hydrogen) atoms. The third-order valence-corrected chi connectivity index (χ3v) is 7.97. The van der Waals surface area contributed by atoms with Crippen LogP contribution in [0.2, 0.25) is 0 Å². The minimum Gasteiger partial charge on any atom is -0.480 e. The zero-order valence-corrected chi connectivity index (χ0v) is 21.3. The summed E-state index contributed by atoms with van der Waals surface area (Å²) in [6.45, 7) is 3.00. The number of para-hydroxylation sites is 1. The molecule has 1 atom stereocenters. The van der Waals surface area contributed by atoms with Gasteiger partial charge in [-0.2, -0.15) is 0 Å². The Morgan fingerprint density at radius 1 is 1.22 bits per heavy atom. The van der Waals surface area contributed by atoms with Crippen LogP contribution in [0.15, 0.2) is 53.1 Å². The Bertz CT molecular complexity index is 1400. The Kier molecular flexibility index (Phi) is 6.43. The second-order valence-electron chi connectivity index (χ2n) is 9.36. The first kappa shape index (κ1) is 23.7. The van der Waals surface area contributed by atoms with E-state index in [4.69, 9.17) is 9.47 Å². The van der Waals surface area contributed by atoms with Crippen molar-refractivity contribution in [2.24, 2.45) is 0 Å². The smallest absolute Gasteiger partial charge is 0.414 e. The lowest BCUT2D eigenvalue weighted by atomic mass is 10.00. The van der Waals surface area contributed by atoms with Gasteiger partial charge in [-0.25, -0.2) is 14.8 Å². The van der Waals surface area contributed by atoms with Crippen LogP contribution in [0.3, 0.4) is 0 Å². The fourth-order valence-corrected chi connectivity index (χ4v) is 5.78. The van der Waals surface area contributed by atoms with E-state index < -0.39 is 0 Å². The lowest BCUT2D eigenvalue weighted by Crippen LogP contribution is -2.38. The molecule has 0 bridgehead atoms. The van der Waals surface area contributed by atoms with E-state index in [1.54, 1.807) is 18.2 Å². The van der Waals surface area contributed by atoms with Gasteiger partial charge in [0.1, 0.15) is 6.10 Å². The Balaban J connectivity index is 1.08. The molecule has 0 aliphatic carbocycles. The molecule has 4 heterocycles. The quantitative estimate of drug-likeness (QED) is 0.538. The number of aromatic nitrogens is 2. The van der Waals surface area contributed by atoms with Crippen LogP contribution in [-0.2, 0) is 9.53 Å². The van der Waals surface area contributed by atoms with Crippen molar-refractivity contribution >= 4 is 52.2 Å². The number of anilines is 2. The number of likely N-dealkylation sites (tertiary alicyclic amines) is 1. The fraction of sp³-hybridized carbons (Fsp3) is 0.333. The molecule has 6 rings (SSSR count). The molecule has 10 heteroatoms. The highest BCUT2D eigenvalue weighted by Crippen LogP contribution is 2.35. The molecule has 2 fully saturated rings. The summed E-state index contributed by atoms with van der Waals surface area (Å²) >= 11 is 1.51. The summed E-state index contributed by atoms with van der Waals surface area (Å²) in [5, 5.41) is 2.89. The molecule has 1 unspecified atom stereocenters. The minimum atomic E-state index is -0.343. The molecule has 1 N–H and O–H groups in total. The van der Waals surface area contributed by atoms with Crippen molar-refractivity contribution < 1.29 is 19.1 Å². The van der Waals surface area contributed by atoms with Crippen LogP contribution < -0.4 is 15.0 Å². The number of hydrogen-bond donors (Lipinski definition) is 1. The van der Waals surface area contributed by atoms with Gasteiger partial charge in [-0.3, -0.25) is 14.6 Å². The highest BCUT2D eigenvalue weighted by atomic mass is 32.2. The van der Waals surface area contributed by atoms with E-state index in [-0.39, 0.29) is 18.1 Å². The van der Waals surface area contributed by atoms with E-state index in [2.05, 4.69) is 32.3 Å². The van der Waals surface area contributed by atoms with Crippen molar-refractivity contribution in [1.29, 1.82) is 0 Å². The minimum absolute atomic E-state index is 0.0249. The van der Waals surface area contributed by atoms with Crippen molar-refractivity contribution in [3.05, 3.63) is 53.7 Å². The van der Waals surface area contributed by atoms with Crippen molar-refractivity contribution in [3.63, 3.8) is 0 Å². The standard InChI is InChI=1S/C27H27N5O4S/c1-35-25-13-28-21-4-2-3-18(26(21)30-25)11-17-7-9-31(10-8-17)14-20-15-32(27(34)36-20)19-5-6-23-22(12-19)29-24(33)16-37-23/h2-6,11-13,20H,7-10,14-16H2,1H3,(H,29,33). The predicted molar refractivity (Wildman–Crippen MR) is 143 cm³/mol. The number of nitrogens with one attached hydrogen (secondary N) is 1. The average molecular weight is 518 g/mol. The molecule has 190 valence electrons. The lowest BCUT2D eigenvalue weighted by Gasteiger charge is -2.29. The largest absolute Gasteiger partial charge is 0.480 e. The number of ether oxygens (including phenoxy) is 2. The number of benzene rings is 2. The third kappa shape index (κ3) is 4.99. The van der Waals surface area contributed by atoms with Gasteiger partial charge in [0.25, 0.3) is 0 Å². The average Bonchev–Trinajstić information content (AvgIpc) is 3.29. The maximum Gasteiger partial charge on any atom is 0.414 e. The van der Waals surface area contributed by atoms with E-state index in [1.807, 2.05) is 30.3 Å². The summed E-state index contributed by atoms with van der Waals surface area (Å²) in [5.41, 5.74) is 5.60. The monoisotopic (exact) mass is 517 g/mol. The Hall–Kier alpha value is -3.63. The lowest BCUT2D eigenvalue weighted by molar-refractivity contribution is -0.113. The third-order valence-electron chi connectivity index (χ3n) is 6.89. The van der Waals surface area contributed by atoms with Gasteiger partial charge in [-0.05, 0) is 37.1 Å². The maximum atomic E-state index is 12.6. The van der Waals surface area contributed by atoms with Crippen LogP contribution in [0, 0.1) is 0 Å². The summed E-state index contributed by atoms with van der Waals surface area (Å²) in [4.78, 5) is 38.4. The van der Waals surface area contributed by atoms with Crippen LogP contribution in [-0.4, -0.2) is 72.0 Å². The molecule has 2 saturated heterocycles. The van der Waals surface area contributed by atoms with Crippen molar-refractivity contribution in [1.82, 2.24) is 14.9 Å². The van der Waals surface area contributed by atoms with Crippen molar-refractivity contribution in [3.8, 4) is 5.88 Å². The Labute approximate surface area is 218 Å². The van der Waals surface area contributed by atoms with E-state index >= 15 is 0 Å². The Morgan fingerprint density at radius 3 is 2.92 bits per heavy atom. The van der Waals surface area contributed by atoms with Gasteiger partial charge in [0.15, 0.2) is 0 Å². The summed E-state index contributed by atoms with van der Waals surface area (Å²) in [6.07, 6.45) is 5.21. The fourth-order valence-electron chi connectivity index (χ4n) is 4.99. The van der Waals surface area contributed by atoms with E-state index in [1.165, 1.54) is 17.3 Å². The number of hydrogen-bond acceptors (Lipinski definition) is 8. The van der Waals surface area contributed by atoms with Crippen LogP contribution in [0.1, 0.15) is 18.4 Å². The molecule has 2 amide bonds. The number of rotatable bonds is 5. The second kappa shape index (κ2) is 10.0. The predicted octanol–water partition coefficient (Wildman–Crippen LogP) is 4.19. The number of methoxy groups -OCH3 is 1. The normalized spacial score (nSPS) is 20.0. The second-order valence-corrected chi connectivity index (χ2v) is 10.4. The number of carbonyl (C=O) groups excluding carboxylic acids is 2. The molecular formula is C27H27N5O4S.